The maximum absolute atomic E-state index is 13.2. The summed E-state index contributed by atoms with van der Waals surface area (Å²) in [6.07, 6.45) is 2.43. The Bertz CT molecular complexity index is 943. The topological polar surface area (TPSA) is 60.0 Å². The predicted octanol–water partition coefficient (Wildman–Crippen LogP) is 0.184. The van der Waals surface area contributed by atoms with Gasteiger partial charge in [-0.3, -0.25) is 9.59 Å². The average Bonchev–Trinajstić information content (AvgIpc) is 3.48. The molecule has 4 rings (SSSR count). The van der Waals surface area contributed by atoms with Crippen LogP contribution in [0.25, 0.3) is 0 Å². The maximum Gasteiger partial charge on any atom is 0.279 e. The van der Waals surface area contributed by atoms with E-state index in [9.17, 15) is 14.0 Å². The molecule has 0 unspecified atom stereocenters. The van der Waals surface area contributed by atoms with Crippen LogP contribution in [0.15, 0.2) is 30.3 Å². The van der Waals surface area contributed by atoms with Crippen molar-refractivity contribution in [3.8, 4) is 0 Å². The highest BCUT2D eigenvalue weighted by molar-refractivity contribution is 5.98. The number of nitrogens with one attached hydrogen (secondary N) is 3. The number of benzene rings is 1. The molecule has 0 spiro atoms. The molecule has 2 fully saturated rings. The Hall–Kier alpha value is -2.51. The molecule has 1 saturated carbocycles. The van der Waals surface area contributed by atoms with Crippen molar-refractivity contribution in [3.63, 3.8) is 0 Å². The van der Waals surface area contributed by atoms with Crippen molar-refractivity contribution in [1.82, 2.24) is 4.57 Å². The van der Waals surface area contributed by atoms with Crippen molar-refractivity contribution in [2.24, 2.45) is 0 Å². The molecular formula is C23H31FN4O2+2. The Morgan fingerprint density at radius 3 is 2.37 bits per heavy atom. The summed E-state index contributed by atoms with van der Waals surface area (Å²) in [5.74, 6) is -0.250. The summed E-state index contributed by atoms with van der Waals surface area (Å²) in [5, 5.41) is 2.76. The summed E-state index contributed by atoms with van der Waals surface area (Å²) in [5.41, 5.74) is 3.65. The number of quaternary nitrogens is 2. The number of ketones is 1. The van der Waals surface area contributed by atoms with E-state index in [0.717, 1.165) is 37.4 Å². The second kappa shape index (κ2) is 8.70. The summed E-state index contributed by atoms with van der Waals surface area (Å²) < 4.78 is 15.6. The van der Waals surface area contributed by atoms with Gasteiger partial charge in [-0.1, -0.05) is 6.07 Å². The number of halogens is 1. The number of nitrogens with zero attached hydrogens (tertiary/aromatic N) is 1. The van der Waals surface area contributed by atoms with E-state index < -0.39 is 0 Å². The number of aromatic nitrogens is 1. The molecule has 1 aromatic heterocycles. The molecule has 1 aliphatic heterocycles. The van der Waals surface area contributed by atoms with Gasteiger partial charge in [-0.2, -0.15) is 0 Å². The Morgan fingerprint density at radius 1 is 1.07 bits per heavy atom. The van der Waals surface area contributed by atoms with Crippen molar-refractivity contribution in [3.05, 3.63) is 53.1 Å². The Balaban J connectivity index is 1.25. The molecule has 0 radical (unpaired) electrons. The summed E-state index contributed by atoms with van der Waals surface area (Å²) in [6, 6.07) is 8.58. The predicted molar refractivity (Wildman–Crippen MR) is 113 cm³/mol. The van der Waals surface area contributed by atoms with Crippen LogP contribution in [0.5, 0.6) is 0 Å². The largest absolute Gasteiger partial charge is 0.345 e. The lowest BCUT2D eigenvalue weighted by Gasteiger charge is -2.29. The summed E-state index contributed by atoms with van der Waals surface area (Å²) in [6.45, 7) is 8.46. The zero-order chi connectivity index (χ0) is 21.3. The number of rotatable bonds is 7. The van der Waals surface area contributed by atoms with Gasteiger partial charge in [0.2, 0.25) is 5.78 Å². The van der Waals surface area contributed by atoms with Crippen molar-refractivity contribution in [1.29, 1.82) is 0 Å². The van der Waals surface area contributed by atoms with E-state index in [0.29, 0.717) is 24.8 Å². The molecule has 2 aliphatic rings. The highest BCUT2D eigenvalue weighted by atomic mass is 19.1. The van der Waals surface area contributed by atoms with Crippen molar-refractivity contribution in [2.45, 2.75) is 32.7 Å². The second-order valence-corrected chi connectivity index (χ2v) is 8.72. The Kier molecular flexibility index (Phi) is 6.01. The minimum Gasteiger partial charge on any atom is -0.345 e. The van der Waals surface area contributed by atoms with Crippen LogP contribution in [0.4, 0.5) is 10.1 Å². The summed E-state index contributed by atoms with van der Waals surface area (Å²) in [7, 11) is 0. The number of carbonyl (C=O) groups is 2. The van der Waals surface area contributed by atoms with Crippen molar-refractivity contribution >= 4 is 17.4 Å². The fraction of sp³-hybridized carbons (Fsp3) is 0.478. The molecule has 3 N–H and O–H groups in total. The van der Waals surface area contributed by atoms with Crippen LogP contribution in [0, 0.1) is 19.7 Å². The highest BCUT2D eigenvalue weighted by Crippen LogP contribution is 2.38. The zero-order valence-electron chi connectivity index (χ0n) is 17.8. The minimum absolute atomic E-state index is 0.109. The van der Waals surface area contributed by atoms with Crippen LogP contribution in [0.3, 0.4) is 0 Å². The monoisotopic (exact) mass is 414 g/mol. The van der Waals surface area contributed by atoms with Gasteiger partial charge in [-0.05, 0) is 51.0 Å². The first-order valence-electron chi connectivity index (χ1n) is 10.8. The van der Waals surface area contributed by atoms with Gasteiger partial charge in [0.25, 0.3) is 5.91 Å². The number of amides is 1. The second-order valence-electron chi connectivity index (χ2n) is 8.72. The molecule has 1 aromatic carbocycles. The van der Waals surface area contributed by atoms with Crippen LogP contribution in [0.1, 0.15) is 40.6 Å². The van der Waals surface area contributed by atoms with E-state index in [1.54, 1.807) is 12.1 Å². The van der Waals surface area contributed by atoms with E-state index in [1.807, 2.05) is 6.07 Å². The third-order valence-corrected chi connectivity index (χ3v) is 6.29. The van der Waals surface area contributed by atoms with Crippen LogP contribution < -0.4 is 15.1 Å². The highest BCUT2D eigenvalue weighted by Gasteiger charge is 2.31. The van der Waals surface area contributed by atoms with Gasteiger partial charge in [0.15, 0.2) is 6.54 Å². The molecule has 7 heteroatoms. The van der Waals surface area contributed by atoms with Crippen LogP contribution in [0.2, 0.25) is 0 Å². The fourth-order valence-corrected chi connectivity index (χ4v) is 4.59. The zero-order valence-corrected chi connectivity index (χ0v) is 17.8. The Morgan fingerprint density at radius 2 is 1.73 bits per heavy atom. The third-order valence-electron chi connectivity index (χ3n) is 6.29. The number of hydrogen-bond donors (Lipinski definition) is 3. The molecule has 6 nitrogen and oxygen atoms in total. The number of anilines is 1. The number of carbonyl (C=O) groups excluding carboxylic acids is 2. The van der Waals surface area contributed by atoms with Gasteiger partial charge in [-0.15, -0.1) is 0 Å². The first kappa shape index (κ1) is 20.8. The molecule has 0 atom stereocenters. The van der Waals surface area contributed by atoms with Crippen molar-refractivity contribution in [2.75, 3.05) is 44.6 Å². The Labute approximate surface area is 176 Å². The average molecular weight is 415 g/mol. The molecule has 1 amide bonds. The molecule has 2 aromatic rings. The first-order valence-corrected chi connectivity index (χ1v) is 10.8. The molecule has 160 valence electrons. The van der Waals surface area contributed by atoms with Crippen molar-refractivity contribution < 1.29 is 23.8 Å². The van der Waals surface area contributed by atoms with Crippen LogP contribution in [-0.4, -0.2) is 55.5 Å². The lowest BCUT2D eigenvalue weighted by atomic mass is 10.1. The smallest absolute Gasteiger partial charge is 0.279 e. The molecule has 1 aliphatic carbocycles. The lowest BCUT2D eigenvalue weighted by molar-refractivity contribution is -1.00. The van der Waals surface area contributed by atoms with E-state index in [-0.39, 0.29) is 17.5 Å². The number of hydrogen-bond acceptors (Lipinski definition) is 2. The first-order chi connectivity index (χ1) is 14.4. The minimum atomic E-state index is -0.361. The standard InChI is InChI=1S/C23H29FN4O2/c1-16-12-21(17(2)28(16)20-6-7-20)22(29)14-26-8-10-27(11-9-26)15-23(30)25-19-5-3-4-18(24)13-19/h3-5,12-13,20H,6-11,14-15H2,1-2H3,(H,25,30)/p+2. The fourth-order valence-electron chi connectivity index (χ4n) is 4.59. The quantitative estimate of drug-likeness (QED) is 0.567. The molecular weight excluding hydrogens is 383 g/mol. The van der Waals surface area contributed by atoms with E-state index in [1.165, 1.54) is 40.5 Å². The maximum atomic E-state index is 13.2. The van der Waals surface area contributed by atoms with Gasteiger partial charge in [0, 0.05) is 28.7 Å². The van der Waals surface area contributed by atoms with Gasteiger partial charge in [0.1, 0.15) is 38.5 Å². The third kappa shape index (κ3) is 4.79. The lowest BCUT2D eigenvalue weighted by Crippen LogP contribution is -3.28. The number of Topliss-reactive ketones (excluding diaryl/α,β-unsaturated/α-hetero) is 1. The van der Waals surface area contributed by atoms with Crippen LogP contribution in [-0.2, 0) is 4.79 Å². The van der Waals surface area contributed by atoms with E-state index in [4.69, 9.17) is 0 Å². The summed E-state index contributed by atoms with van der Waals surface area (Å²) in [4.78, 5) is 27.6. The van der Waals surface area contributed by atoms with E-state index >= 15 is 0 Å². The van der Waals surface area contributed by atoms with Gasteiger partial charge in [-0.25, -0.2) is 4.39 Å². The van der Waals surface area contributed by atoms with Gasteiger partial charge >= 0.3 is 0 Å². The van der Waals surface area contributed by atoms with E-state index in [2.05, 4.69) is 23.7 Å². The summed E-state index contributed by atoms with van der Waals surface area (Å²) >= 11 is 0. The van der Waals surface area contributed by atoms with Crippen LogP contribution >= 0.6 is 0 Å². The molecule has 0 bridgehead atoms. The van der Waals surface area contributed by atoms with Gasteiger partial charge in [0.05, 0.1) is 0 Å². The normalized spacial score (nSPS) is 21.4. The molecule has 2 heterocycles. The molecule has 30 heavy (non-hydrogen) atoms. The number of piperazine rings is 1. The molecule has 1 saturated heterocycles. The van der Waals surface area contributed by atoms with Gasteiger partial charge < -0.3 is 19.7 Å². The number of aryl methyl sites for hydroxylation is 1. The SMILES string of the molecule is Cc1cc(C(=O)C[NH+]2CC[NH+](CC(=O)Nc3cccc(F)c3)CC2)c(C)n1C1CC1.